The molecule has 244 valence electrons. The Labute approximate surface area is 302 Å². The first-order chi connectivity index (χ1) is 25.8. The fraction of sp³-hybridized carbons (Fsp3) is 0. The fourth-order valence-corrected chi connectivity index (χ4v) is 7.78. The quantitative estimate of drug-likeness (QED) is 0.176. The van der Waals surface area contributed by atoms with E-state index in [1.165, 1.54) is 38.4 Å². The van der Waals surface area contributed by atoms with Gasteiger partial charge >= 0.3 is 0 Å². The van der Waals surface area contributed by atoms with Gasteiger partial charge in [-0.25, -0.2) is 0 Å². The predicted molar refractivity (Wildman–Crippen MR) is 220 cm³/mol. The molecule has 0 spiro atoms. The van der Waals surface area contributed by atoms with Gasteiger partial charge in [-0.1, -0.05) is 164 Å². The summed E-state index contributed by atoms with van der Waals surface area (Å²) < 4.78 is 6.85. The van der Waals surface area contributed by atoms with Crippen LogP contribution in [0.3, 0.4) is 0 Å². The van der Waals surface area contributed by atoms with Crippen molar-refractivity contribution in [3.8, 4) is 33.4 Å². The van der Waals surface area contributed by atoms with Gasteiger partial charge in [-0.3, -0.25) is 0 Å². The minimum absolute atomic E-state index is 0.905. The van der Waals surface area contributed by atoms with E-state index in [2.05, 4.69) is 205 Å². The second-order valence-electron chi connectivity index (χ2n) is 13.3. The number of hydrogen-bond donors (Lipinski definition) is 0. The summed E-state index contributed by atoms with van der Waals surface area (Å²) in [6.45, 7) is 0. The molecule has 0 atom stereocenters. The molecule has 9 aromatic carbocycles. The topological polar surface area (TPSA) is 16.4 Å². The number of para-hydroxylation sites is 1. The molecule has 0 aliphatic carbocycles. The molecule has 10 rings (SSSR count). The molecule has 0 unspecified atom stereocenters. The summed E-state index contributed by atoms with van der Waals surface area (Å²) >= 11 is 0. The van der Waals surface area contributed by atoms with Crippen molar-refractivity contribution in [2.24, 2.45) is 0 Å². The van der Waals surface area contributed by atoms with Crippen molar-refractivity contribution in [1.82, 2.24) is 0 Å². The summed E-state index contributed by atoms with van der Waals surface area (Å²) in [4.78, 5) is 2.37. The summed E-state index contributed by atoms with van der Waals surface area (Å²) in [6, 6.07) is 71.5. The molecule has 0 amide bonds. The maximum atomic E-state index is 6.85. The summed E-state index contributed by atoms with van der Waals surface area (Å²) in [7, 11) is 0. The van der Waals surface area contributed by atoms with Crippen LogP contribution in [0.5, 0.6) is 0 Å². The van der Waals surface area contributed by atoms with E-state index < -0.39 is 0 Å². The van der Waals surface area contributed by atoms with Crippen molar-refractivity contribution in [2.45, 2.75) is 0 Å². The normalized spacial score (nSPS) is 11.5. The molecule has 0 radical (unpaired) electrons. The number of benzene rings is 9. The third kappa shape index (κ3) is 5.04. The monoisotopic (exact) mass is 663 g/mol. The Bertz CT molecular complexity index is 2880. The second kappa shape index (κ2) is 12.5. The highest BCUT2D eigenvalue weighted by atomic mass is 16.3. The molecule has 10 aromatic rings. The summed E-state index contributed by atoms with van der Waals surface area (Å²) in [5, 5.41) is 6.98. The number of hydrogen-bond acceptors (Lipinski definition) is 2. The van der Waals surface area contributed by atoms with Crippen LogP contribution in [0.15, 0.2) is 205 Å². The van der Waals surface area contributed by atoms with Gasteiger partial charge in [0.15, 0.2) is 0 Å². The Hall–Kier alpha value is -6.90. The highest BCUT2D eigenvalue weighted by molar-refractivity contribution is 6.20. The van der Waals surface area contributed by atoms with Crippen LogP contribution in [0.2, 0.25) is 0 Å². The van der Waals surface area contributed by atoms with Crippen LogP contribution >= 0.6 is 0 Å². The molecule has 0 bridgehead atoms. The zero-order valence-corrected chi connectivity index (χ0v) is 28.4. The average Bonchev–Trinajstić information content (AvgIpc) is 3.61. The summed E-state index contributed by atoms with van der Waals surface area (Å²) in [5.41, 5.74) is 12.1. The van der Waals surface area contributed by atoms with Gasteiger partial charge in [0.25, 0.3) is 0 Å². The van der Waals surface area contributed by atoms with Crippen molar-refractivity contribution in [1.29, 1.82) is 0 Å². The van der Waals surface area contributed by atoms with Crippen LogP contribution < -0.4 is 4.90 Å². The van der Waals surface area contributed by atoms with Gasteiger partial charge in [0.1, 0.15) is 11.2 Å². The SMILES string of the molecule is c1ccc(-c2cccc(N(c3ccc(-c4cccc5c4oc4c6ccccc6c(-c6ccccc6)cc54)cc3)c3cccc4ccccc34)c2)cc1. The Morgan fingerprint density at radius 2 is 0.885 bits per heavy atom. The molecular weight excluding hydrogens is 631 g/mol. The van der Waals surface area contributed by atoms with Gasteiger partial charge in [0, 0.05) is 38.5 Å². The minimum atomic E-state index is 0.905. The molecule has 0 aliphatic heterocycles. The van der Waals surface area contributed by atoms with Crippen LogP contribution in [-0.4, -0.2) is 0 Å². The van der Waals surface area contributed by atoms with Crippen molar-refractivity contribution >= 4 is 60.5 Å². The molecule has 52 heavy (non-hydrogen) atoms. The minimum Gasteiger partial charge on any atom is -0.455 e. The Morgan fingerprint density at radius 3 is 1.69 bits per heavy atom. The third-order valence-corrected chi connectivity index (χ3v) is 10.2. The van der Waals surface area contributed by atoms with Gasteiger partial charge < -0.3 is 9.32 Å². The van der Waals surface area contributed by atoms with E-state index in [0.29, 0.717) is 0 Å². The van der Waals surface area contributed by atoms with Crippen molar-refractivity contribution < 1.29 is 4.42 Å². The lowest BCUT2D eigenvalue weighted by Crippen LogP contribution is -2.10. The predicted octanol–water partition coefficient (Wildman–Crippen LogP) is 14.4. The lowest BCUT2D eigenvalue weighted by atomic mass is 9.95. The van der Waals surface area contributed by atoms with Crippen LogP contribution in [0.4, 0.5) is 17.1 Å². The zero-order valence-electron chi connectivity index (χ0n) is 28.4. The molecule has 0 aliphatic rings. The molecule has 2 heteroatoms. The number of nitrogens with zero attached hydrogens (tertiary/aromatic N) is 1. The average molecular weight is 664 g/mol. The number of furan rings is 1. The Balaban J connectivity index is 1.12. The molecule has 0 fully saturated rings. The number of rotatable bonds is 6. The highest BCUT2D eigenvalue weighted by Gasteiger charge is 2.19. The van der Waals surface area contributed by atoms with E-state index >= 15 is 0 Å². The van der Waals surface area contributed by atoms with Gasteiger partial charge in [-0.15, -0.1) is 0 Å². The van der Waals surface area contributed by atoms with Crippen LogP contribution in [0.1, 0.15) is 0 Å². The fourth-order valence-electron chi connectivity index (χ4n) is 7.78. The molecule has 0 N–H and O–H groups in total. The first kappa shape index (κ1) is 30.0. The van der Waals surface area contributed by atoms with Gasteiger partial charge in [0.05, 0.1) is 5.69 Å². The molecule has 2 nitrogen and oxygen atoms in total. The molecule has 0 saturated heterocycles. The second-order valence-corrected chi connectivity index (χ2v) is 13.3. The molecule has 1 aromatic heterocycles. The van der Waals surface area contributed by atoms with Gasteiger partial charge in [-0.2, -0.15) is 0 Å². The largest absolute Gasteiger partial charge is 0.455 e. The van der Waals surface area contributed by atoms with E-state index in [9.17, 15) is 0 Å². The van der Waals surface area contributed by atoms with Gasteiger partial charge in [0.2, 0.25) is 0 Å². The summed E-state index contributed by atoms with van der Waals surface area (Å²) in [6.07, 6.45) is 0. The maximum Gasteiger partial charge on any atom is 0.143 e. The Kier molecular flexibility index (Phi) is 7.18. The Morgan fingerprint density at radius 1 is 0.308 bits per heavy atom. The lowest BCUT2D eigenvalue weighted by Gasteiger charge is -2.27. The lowest BCUT2D eigenvalue weighted by molar-refractivity contribution is 0.674. The number of fused-ring (bicyclic) bond motifs is 6. The van der Waals surface area contributed by atoms with Gasteiger partial charge in [-0.05, 0) is 75.0 Å². The molecular formula is C50H33NO. The smallest absolute Gasteiger partial charge is 0.143 e. The third-order valence-electron chi connectivity index (χ3n) is 10.2. The zero-order chi connectivity index (χ0) is 34.4. The van der Waals surface area contributed by atoms with Crippen LogP contribution in [0.25, 0.3) is 76.9 Å². The van der Waals surface area contributed by atoms with Crippen molar-refractivity contribution in [3.05, 3.63) is 200 Å². The highest BCUT2D eigenvalue weighted by Crippen LogP contribution is 2.44. The first-order valence-electron chi connectivity index (χ1n) is 17.8. The first-order valence-corrected chi connectivity index (χ1v) is 17.8. The van der Waals surface area contributed by atoms with Crippen LogP contribution in [0, 0.1) is 0 Å². The maximum absolute atomic E-state index is 6.85. The van der Waals surface area contributed by atoms with Crippen molar-refractivity contribution in [3.63, 3.8) is 0 Å². The van der Waals surface area contributed by atoms with E-state index in [0.717, 1.165) is 55.5 Å². The summed E-state index contributed by atoms with van der Waals surface area (Å²) in [5.74, 6) is 0. The van der Waals surface area contributed by atoms with E-state index in [4.69, 9.17) is 4.42 Å². The van der Waals surface area contributed by atoms with E-state index in [1.54, 1.807) is 0 Å². The molecule has 0 saturated carbocycles. The number of anilines is 3. The van der Waals surface area contributed by atoms with Crippen LogP contribution in [-0.2, 0) is 0 Å². The standard InChI is InChI=1S/C50H33NO/c1-3-14-34(15-4-1)38-20-11-21-40(32-38)51(48-27-12-19-35-18-7-8-22-41(35)48)39-30-28-37(29-31-39)42-25-13-26-45-47-33-46(36-16-5-2-6-17-36)43-23-9-10-24-44(43)50(47)52-49(42)45/h1-33H. The molecule has 1 heterocycles. The van der Waals surface area contributed by atoms with E-state index in [1.807, 2.05) is 0 Å². The van der Waals surface area contributed by atoms with Crippen molar-refractivity contribution in [2.75, 3.05) is 4.90 Å². The van der Waals surface area contributed by atoms with E-state index in [-0.39, 0.29) is 0 Å².